The summed E-state index contributed by atoms with van der Waals surface area (Å²) in [5, 5.41) is 5.92. The minimum atomic E-state index is -0.396. The molecule has 0 bridgehead atoms. The molecule has 88 valence electrons. The van der Waals surface area contributed by atoms with Gasteiger partial charge in [-0.05, 0) is 31.7 Å². The Balaban J connectivity index is 2.47. The van der Waals surface area contributed by atoms with Crippen LogP contribution in [0.5, 0.6) is 0 Å². The second-order valence-electron chi connectivity index (χ2n) is 3.68. The SMILES string of the molecule is CCN[C@H](C)CNC(=O)c1cccc(F)c1. The number of hydrogen-bond donors (Lipinski definition) is 2. The third-order valence-electron chi connectivity index (χ3n) is 2.21. The first-order valence-electron chi connectivity index (χ1n) is 5.40. The van der Waals surface area contributed by atoms with E-state index in [1.54, 1.807) is 6.07 Å². The van der Waals surface area contributed by atoms with E-state index < -0.39 is 5.82 Å². The van der Waals surface area contributed by atoms with Gasteiger partial charge in [0, 0.05) is 18.2 Å². The fraction of sp³-hybridized carbons (Fsp3) is 0.417. The van der Waals surface area contributed by atoms with E-state index in [-0.39, 0.29) is 11.9 Å². The fourth-order valence-corrected chi connectivity index (χ4v) is 1.40. The molecular weight excluding hydrogens is 207 g/mol. The monoisotopic (exact) mass is 224 g/mol. The third kappa shape index (κ3) is 3.98. The Hall–Kier alpha value is -1.42. The quantitative estimate of drug-likeness (QED) is 0.796. The first-order valence-corrected chi connectivity index (χ1v) is 5.40. The zero-order valence-electron chi connectivity index (χ0n) is 9.59. The van der Waals surface area contributed by atoms with Crippen molar-refractivity contribution in [1.82, 2.24) is 10.6 Å². The predicted octanol–water partition coefficient (Wildman–Crippen LogP) is 1.55. The molecular formula is C12H17FN2O. The van der Waals surface area contributed by atoms with Crippen molar-refractivity contribution >= 4 is 5.91 Å². The number of nitrogens with one attached hydrogen (secondary N) is 2. The number of rotatable bonds is 5. The van der Waals surface area contributed by atoms with Crippen molar-refractivity contribution in [1.29, 1.82) is 0 Å². The average molecular weight is 224 g/mol. The second-order valence-corrected chi connectivity index (χ2v) is 3.68. The van der Waals surface area contributed by atoms with Gasteiger partial charge in [-0.2, -0.15) is 0 Å². The molecule has 0 heterocycles. The highest BCUT2D eigenvalue weighted by atomic mass is 19.1. The van der Waals surface area contributed by atoms with E-state index in [9.17, 15) is 9.18 Å². The van der Waals surface area contributed by atoms with Crippen molar-refractivity contribution in [3.63, 3.8) is 0 Å². The summed E-state index contributed by atoms with van der Waals surface area (Å²) in [6.45, 7) is 5.38. The molecule has 0 saturated heterocycles. The number of amides is 1. The van der Waals surface area contributed by atoms with Crippen LogP contribution in [0, 0.1) is 5.82 Å². The van der Waals surface area contributed by atoms with Crippen LogP contribution >= 0.6 is 0 Å². The van der Waals surface area contributed by atoms with Crippen LogP contribution in [0.1, 0.15) is 24.2 Å². The van der Waals surface area contributed by atoms with E-state index in [0.717, 1.165) is 6.54 Å². The molecule has 1 aromatic carbocycles. The molecule has 2 N–H and O–H groups in total. The molecule has 16 heavy (non-hydrogen) atoms. The number of halogens is 1. The summed E-state index contributed by atoms with van der Waals surface area (Å²) in [4.78, 5) is 11.6. The molecule has 1 atom stereocenters. The number of carbonyl (C=O) groups is 1. The summed E-state index contributed by atoms with van der Waals surface area (Å²) < 4.78 is 12.9. The third-order valence-corrected chi connectivity index (χ3v) is 2.21. The van der Waals surface area contributed by atoms with Gasteiger partial charge in [-0.25, -0.2) is 4.39 Å². The van der Waals surface area contributed by atoms with E-state index in [0.29, 0.717) is 12.1 Å². The molecule has 0 aromatic heterocycles. The maximum Gasteiger partial charge on any atom is 0.251 e. The topological polar surface area (TPSA) is 41.1 Å². The number of carbonyl (C=O) groups excluding carboxylic acids is 1. The summed E-state index contributed by atoms with van der Waals surface area (Å²) >= 11 is 0. The maximum absolute atomic E-state index is 12.9. The Bertz CT molecular complexity index is 355. The van der Waals surface area contributed by atoms with E-state index in [1.807, 2.05) is 13.8 Å². The maximum atomic E-state index is 12.9. The molecule has 0 aliphatic carbocycles. The second kappa shape index (κ2) is 6.23. The van der Waals surface area contributed by atoms with Crippen molar-refractivity contribution in [2.75, 3.05) is 13.1 Å². The van der Waals surface area contributed by atoms with Crippen LogP contribution in [-0.2, 0) is 0 Å². The zero-order chi connectivity index (χ0) is 12.0. The van der Waals surface area contributed by atoms with Crippen LogP contribution in [0.4, 0.5) is 4.39 Å². The van der Waals surface area contributed by atoms with Gasteiger partial charge in [0.25, 0.3) is 5.91 Å². The van der Waals surface area contributed by atoms with Crippen molar-refractivity contribution in [2.45, 2.75) is 19.9 Å². The molecule has 1 aromatic rings. The van der Waals surface area contributed by atoms with Crippen molar-refractivity contribution < 1.29 is 9.18 Å². The van der Waals surface area contributed by atoms with Crippen LogP contribution in [-0.4, -0.2) is 25.0 Å². The summed E-state index contributed by atoms with van der Waals surface area (Å²) in [6, 6.07) is 5.88. The normalized spacial score (nSPS) is 12.2. The van der Waals surface area contributed by atoms with E-state index in [2.05, 4.69) is 10.6 Å². The van der Waals surface area contributed by atoms with E-state index in [1.165, 1.54) is 18.2 Å². The fourth-order valence-electron chi connectivity index (χ4n) is 1.40. The van der Waals surface area contributed by atoms with Gasteiger partial charge in [0.2, 0.25) is 0 Å². The average Bonchev–Trinajstić information content (AvgIpc) is 2.26. The minimum absolute atomic E-state index is 0.211. The predicted molar refractivity (Wildman–Crippen MR) is 61.9 cm³/mol. The summed E-state index contributed by atoms with van der Waals surface area (Å²) in [6.07, 6.45) is 0. The lowest BCUT2D eigenvalue weighted by Crippen LogP contribution is -2.38. The van der Waals surface area contributed by atoms with Gasteiger partial charge in [0.05, 0.1) is 0 Å². The molecule has 0 aliphatic rings. The summed E-state index contributed by atoms with van der Waals surface area (Å²) in [5.74, 6) is -0.642. The molecule has 1 amide bonds. The zero-order valence-corrected chi connectivity index (χ0v) is 9.59. The van der Waals surface area contributed by atoms with Gasteiger partial charge in [-0.15, -0.1) is 0 Å². The largest absolute Gasteiger partial charge is 0.350 e. The molecule has 3 nitrogen and oxygen atoms in total. The molecule has 0 unspecified atom stereocenters. The van der Waals surface area contributed by atoms with Crippen molar-refractivity contribution in [2.24, 2.45) is 0 Å². The molecule has 0 spiro atoms. The van der Waals surface area contributed by atoms with E-state index >= 15 is 0 Å². The standard InChI is InChI=1S/C12H17FN2O/c1-3-14-9(2)8-15-12(16)10-5-4-6-11(13)7-10/h4-7,9,14H,3,8H2,1-2H3,(H,15,16)/t9-/m1/s1. The smallest absolute Gasteiger partial charge is 0.251 e. The van der Waals surface area contributed by atoms with Gasteiger partial charge >= 0.3 is 0 Å². The highest BCUT2D eigenvalue weighted by Crippen LogP contribution is 2.02. The molecule has 0 radical (unpaired) electrons. The van der Waals surface area contributed by atoms with Gasteiger partial charge in [-0.3, -0.25) is 4.79 Å². The van der Waals surface area contributed by atoms with Crippen LogP contribution in [0.3, 0.4) is 0 Å². The van der Waals surface area contributed by atoms with Gasteiger partial charge in [-0.1, -0.05) is 13.0 Å². The Morgan fingerprint density at radius 3 is 2.88 bits per heavy atom. The van der Waals surface area contributed by atoms with Crippen molar-refractivity contribution in [3.05, 3.63) is 35.6 Å². The summed E-state index contributed by atoms with van der Waals surface area (Å²) in [7, 11) is 0. The van der Waals surface area contributed by atoms with Crippen LogP contribution < -0.4 is 10.6 Å². The van der Waals surface area contributed by atoms with Crippen molar-refractivity contribution in [3.8, 4) is 0 Å². The number of hydrogen-bond acceptors (Lipinski definition) is 2. The Labute approximate surface area is 95.0 Å². The van der Waals surface area contributed by atoms with E-state index in [4.69, 9.17) is 0 Å². The Morgan fingerprint density at radius 2 is 2.25 bits per heavy atom. The number of benzene rings is 1. The highest BCUT2D eigenvalue weighted by molar-refractivity contribution is 5.94. The number of likely N-dealkylation sites (N-methyl/N-ethyl adjacent to an activating group) is 1. The van der Waals surface area contributed by atoms with Gasteiger partial charge < -0.3 is 10.6 Å². The van der Waals surface area contributed by atoms with Gasteiger partial charge in [0.1, 0.15) is 5.82 Å². The lowest BCUT2D eigenvalue weighted by molar-refractivity contribution is 0.0950. The van der Waals surface area contributed by atoms with Crippen LogP contribution in [0.25, 0.3) is 0 Å². The lowest BCUT2D eigenvalue weighted by atomic mass is 10.2. The molecule has 4 heteroatoms. The Kier molecular flexibility index (Phi) is 4.92. The Morgan fingerprint density at radius 1 is 1.50 bits per heavy atom. The van der Waals surface area contributed by atoms with Crippen LogP contribution in [0.15, 0.2) is 24.3 Å². The molecule has 0 fully saturated rings. The molecule has 0 saturated carbocycles. The first-order chi connectivity index (χ1) is 7.63. The highest BCUT2D eigenvalue weighted by Gasteiger charge is 2.07. The van der Waals surface area contributed by atoms with Crippen LogP contribution in [0.2, 0.25) is 0 Å². The molecule has 1 rings (SSSR count). The minimum Gasteiger partial charge on any atom is -0.350 e. The molecule has 0 aliphatic heterocycles. The first kappa shape index (κ1) is 12.6. The van der Waals surface area contributed by atoms with Gasteiger partial charge in [0.15, 0.2) is 0 Å². The summed E-state index contributed by atoms with van der Waals surface area (Å²) in [5.41, 5.74) is 0.351. The lowest BCUT2D eigenvalue weighted by Gasteiger charge is -2.13.